The van der Waals surface area contributed by atoms with Crippen molar-refractivity contribution >= 4 is 23.5 Å². The highest BCUT2D eigenvalue weighted by molar-refractivity contribution is 6.10. The predicted molar refractivity (Wildman–Crippen MR) is 101 cm³/mol. The highest BCUT2D eigenvalue weighted by atomic mass is 16.2. The summed E-state index contributed by atoms with van der Waals surface area (Å²) in [6.07, 6.45) is 1.74. The molecule has 1 fully saturated rings. The molecule has 1 heterocycles. The SMILES string of the molecule is Cc1cccc(NC(=O)CN2C(=O)NC3(CCc4ccccc4C3)C2=O)c1. The molecule has 2 aliphatic rings. The van der Waals surface area contributed by atoms with Crippen LogP contribution in [0.3, 0.4) is 0 Å². The van der Waals surface area contributed by atoms with E-state index in [1.54, 1.807) is 6.07 Å². The number of anilines is 1. The lowest BCUT2D eigenvalue weighted by molar-refractivity contribution is -0.134. The minimum Gasteiger partial charge on any atom is -0.325 e. The Kier molecular flexibility index (Phi) is 4.18. The smallest absolute Gasteiger partial charge is 0.325 e. The second-order valence-electron chi connectivity index (χ2n) is 7.27. The van der Waals surface area contributed by atoms with E-state index < -0.39 is 17.5 Å². The zero-order valence-electron chi connectivity index (χ0n) is 15.1. The minimum absolute atomic E-state index is 0.290. The minimum atomic E-state index is -0.935. The quantitative estimate of drug-likeness (QED) is 0.822. The van der Waals surface area contributed by atoms with Gasteiger partial charge in [-0.1, -0.05) is 36.4 Å². The van der Waals surface area contributed by atoms with E-state index >= 15 is 0 Å². The van der Waals surface area contributed by atoms with Crippen molar-refractivity contribution in [3.05, 3.63) is 65.2 Å². The normalized spacial score (nSPS) is 21.1. The van der Waals surface area contributed by atoms with Crippen LogP contribution < -0.4 is 10.6 Å². The van der Waals surface area contributed by atoms with Gasteiger partial charge in [0.05, 0.1) is 0 Å². The second kappa shape index (κ2) is 6.54. The maximum Gasteiger partial charge on any atom is 0.325 e. The van der Waals surface area contributed by atoms with Crippen LogP contribution in [0.4, 0.5) is 10.5 Å². The van der Waals surface area contributed by atoms with E-state index in [0.29, 0.717) is 18.5 Å². The second-order valence-corrected chi connectivity index (χ2v) is 7.27. The van der Waals surface area contributed by atoms with Gasteiger partial charge < -0.3 is 10.6 Å². The van der Waals surface area contributed by atoms with Gasteiger partial charge in [0.2, 0.25) is 5.91 Å². The topological polar surface area (TPSA) is 78.5 Å². The number of fused-ring (bicyclic) bond motifs is 1. The van der Waals surface area contributed by atoms with E-state index in [1.807, 2.05) is 43.3 Å². The molecule has 138 valence electrons. The number of hydrogen-bond donors (Lipinski definition) is 2. The Hall–Kier alpha value is -3.15. The van der Waals surface area contributed by atoms with Gasteiger partial charge in [0.25, 0.3) is 5.91 Å². The van der Waals surface area contributed by atoms with Gasteiger partial charge in [0, 0.05) is 12.1 Å². The van der Waals surface area contributed by atoms with Crippen molar-refractivity contribution in [1.29, 1.82) is 0 Å². The third kappa shape index (κ3) is 3.18. The van der Waals surface area contributed by atoms with Crippen molar-refractivity contribution in [2.75, 3.05) is 11.9 Å². The molecule has 2 aromatic rings. The Morgan fingerprint density at radius 3 is 2.70 bits per heavy atom. The Bertz CT molecular complexity index is 940. The summed E-state index contributed by atoms with van der Waals surface area (Å²) in [7, 11) is 0. The summed E-state index contributed by atoms with van der Waals surface area (Å²) in [6.45, 7) is 1.64. The molecule has 1 unspecified atom stereocenters. The van der Waals surface area contributed by atoms with Gasteiger partial charge in [-0.25, -0.2) is 4.79 Å². The predicted octanol–water partition coefficient (Wildman–Crippen LogP) is 2.41. The standard InChI is InChI=1S/C21H21N3O3/c1-14-5-4-8-17(11-14)22-18(25)13-24-19(26)21(23-20(24)27)10-9-15-6-2-3-7-16(15)12-21/h2-8,11H,9-10,12-13H2,1H3,(H,22,25)(H,23,27). The van der Waals surface area contributed by atoms with Crippen LogP contribution in [0.1, 0.15) is 23.1 Å². The van der Waals surface area contributed by atoms with E-state index in [9.17, 15) is 14.4 Å². The lowest BCUT2D eigenvalue weighted by Gasteiger charge is -2.32. The highest BCUT2D eigenvalue weighted by Crippen LogP contribution is 2.33. The molecule has 2 N–H and O–H groups in total. The van der Waals surface area contributed by atoms with Crippen molar-refractivity contribution in [3.8, 4) is 0 Å². The van der Waals surface area contributed by atoms with Crippen molar-refractivity contribution in [1.82, 2.24) is 10.2 Å². The number of urea groups is 1. The van der Waals surface area contributed by atoms with E-state index in [0.717, 1.165) is 22.4 Å². The maximum absolute atomic E-state index is 13.0. The molecule has 0 radical (unpaired) electrons. The summed E-state index contributed by atoms with van der Waals surface area (Å²) in [6, 6.07) is 14.8. The highest BCUT2D eigenvalue weighted by Gasteiger charge is 2.52. The molecule has 4 rings (SSSR count). The number of benzene rings is 2. The first-order valence-electron chi connectivity index (χ1n) is 9.04. The first-order valence-corrected chi connectivity index (χ1v) is 9.04. The number of amides is 4. The summed E-state index contributed by atoms with van der Waals surface area (Å²) in [5.74, 6) is -0.709. The number of carbonyl (C=O) groups excluding carboxylic acids is 3. The first-order chi connectivity index (χ1) is 13.0. The summed E-state index contributed by atoms with van der Waals surface area (Å²) < 4.78 is 0. The Morgan fingerprint density at radius 1 is 1.15 bits per heavy atom. The number of carbonyl (C=O) groups is 3. The van der Waals surface area contributed by atoms with Crippen molar-refractivity contribution in [2.45, 2.75) is 31.7 Å². The number of rotatable bonds is 3. The molecule has 1 atom stereocenters. The van der Waals surface area contributed by atoms with Crippen molar-refractivity contribution in [2.24, 2.45) is 0 Å². The zero-order valence-corrected chi connectivity index (χ0v) is 15.1. The summed E-state index contributed by atoms with van der Waals surface area (Å²) in [5.41, 5.74) is 3.01. The molecule has 27 heavy (non-hydrogen) atoms. The van der Waals surface area contributed by atoms with Crippen molar-refractivity contribution in [3.63, 3.8) is 0 Å². The van der Waals surface area contributed by atoms with E-state index in [2.05, 4.69) is 16.7 Å². The van der Waals surface area contributed by atoms with Gasteiger partial charge in [-0.05, 0) is 48.6 Å². The number of nitrogens with zero attached hydrogens (tertiary/aromatic N) is 1. The number of nitrogens with one attached hydrogen (secondary N) is 2. The molecule has 6 nitrogen and oxygen atoms in total. The van der Waals surface area contributed by atoms with Gasteiger partial charge in [0.1, 0.15) is 12.1 Å². The Morgan fingerprint density at radius 2 is 1.93 bits per heavy atom. The molecule has 1 aliphatic heterocycles. The fourth-order valence-electron chi connectivity index (χ4n) is 3.91. The summed E-state index contributed by atoms with van der Waals surface area (Å²) >= 11 is 0. The van der Waals surface area contributed by atoms with E-state index in [1.165, 1.54) is 5.56 Å². The van der Waals surface area contributed by atoms with Gasteiger partial charge in [-0.3, -0.25) is 14.5 Å². The average molecular weight is 363 g/mol. The van der Waals surface area contributed by atoms with Crippen LogP contribution in [0, 0.1) is 6.92 Å². The lowest BCUT2D eigenvalue weighted by atomic mass is 9.78. The van der Waals surface area contributed by atoms with Crippen LogP contribution in [0.2, 0.25) is 0 Å². The maximum atomic E-state index is 13.0. The van der Waals surface area contributed by atoms with Crippen LogP contribution in [0.25, 0.3) is 0 Å². The molecule has 1 spiro atoms. The Labute approximate surface area is 157 Å². The first kappa shape index (κ1) is 17.3. The van der Waals surface area contributed by atoms with E-state index in [-0.39, 0.29) is 12.5 Å². The molecule has 0 aromatic heterocycles. The summed E-state index contributed by atoms with van der Waals surface area (Å²) in [5, 5.41) is 5.59. The molecule has 6 heteroatoms. The fourth-order valence-corrected chi connectivity index (χ4v) is 3.91. The number of hydrogen-bond acceptors (Lipinski definition) is 3. The summed E-state index contributed by atoms with van der Waals surface area (Å²) in [4.78, 5) is 38.8. The molecule has 0 saturated carbocycles. The van der Waals surface area contributed by atoms with Gasteiger partial charge in [0.15, 0.2) is 0 Å². The monoisotopic (exact) mass is 363 g/mol. The van der Waals surface area contributed by atoms with Gasteiger partial charge >= 0.3 is 6.03 Å². The third-order valence-corrected chi connectivity index (χ3v) is 5.28. The Balaban J connectivity index is 1.48. The molecule has 1 saturated heterocycles. The van der Waals surface area contributed by atoms with Gasteiger partial charge in [-0.15, -0.1) is 0 Å². The molecular weight excluding hydrogens is 342 g/mol. The van der Waals surface area contributed by atoms with Crippen LogP contribution in [0.15, 0.2) is 48.5 Å². The molecule has 2 aromatic carbocycles. The molecule has 1 aliphatic carbocycles. The van der Waals surface area contributed by atoms with Crippen LogP contribution in [-0.2, 0) is 22.4 Å². The van der Waals surface area contributed by atoms with E-state index in [4.69, 9.17) is 0 Å². The van der Waals surface area contributed by atoms with Crippen molar-refractivity contribution < 1.29 is 14.4 Å². The third-order valence-electron chi connectivity index (χ3n) is 5.28. The molecule has 0 bridgehead atoms. The number of aryl methyl sites for hydroxylation is 2. The zero-order chi connectivity index (χ0) is 19.0. The van der Waals surface area contributed by atoms with Crippen LogP contribution in [-0.4, -0.2) is 34.8 Å². The number of imide groups is 1. The average Bonchev–Trinajstić information content (AvgIpc) is 2.85. The van der Waals surface area contributed by atoms with Crippen LogP contribution >= 0.6 is 0 Å². The van der Waals surface area contributed by atoms with Crippen LogP contribution in [0.5, 0.6) is 0 Å². The van der Waals surface area contributed by atoms with Gasteiger partial charge in [-0.2, -0.15) is 0 Å². The largest absolute Gasteiger partial charge is 0.325 e. The fraction of sp³-hybridized carbons (Fsp3) is 0.286. The molecule has 4 amide bonds. The molecular formula is C21H21N3O3. The lowest BCUT2D eigenvalue weighted by Crippen LogP contribution is -2.51.